The predicted octanol–water partition coefficient (Wildman–Crippen LogP) is 2.68. The maximum Gasteiger partial charge on any atom is 0.225 e. The Bertz CT molecular complexity index is 1090. The van der Waals surface area contributed by atoms with Crippen LogP contribution in [-0.2, 0) is 9.84 Å². The molecule has 0 radical (unpaired) electrons. The van der Waals surface area contributed by atoms with Crippen LogP contribution in [0.15, 0.2) is 35.5 Å². The van der Waals surface area contributed by atoms with E-state index < -0.39 is 9.84 Å². The molecule has 2 aromatic heterocycles. The van der Waals surface area contributed by atoms with Crippen molar-refractivity contribution in [3.63, 3.8) is 0 Å². The second-order valence-electron chi connectivity index (χ2n) is 7.15. The first-order valence-electron chi connectivity index (χ1n) is 9.19. The Balaban J connectivity index is 1.42. The van der Waals surface area contributed by atoms with Crippen molar-refractivity contribution in [2.45, 2.75) is 24.8 Å². The highest BCUT2D eigenvalue weighted by Gasteiger charge is 2.24. The molecule has 1 saturated heterocycles. The van der Waals surface area contributed by atoms with Crippen molar-refractivity contribution in [1.29, 1.82) is 0 Å². The Morgan fingerprint density at radius 3 is 2.43 bits per heavy atom. The number of aromatic nitrogens is 3. The van der Waals surface area contributed by atoms with Crippen LogP contribution in [0, 0.1) is 6.92 Å². The maximum absolute atomic E-state index is 11.6. The molecule has 3 aromatic rings. The number of fused-ring (bicyclic) bond motifs is 1. The first-order chi connectivity index (χ1) is 13.3. The summed E-state index contributed by atoms with van der Waals surface area (Å²) in [6, 6.07) is 6.87. The zero-order valence-corrected chi connectivity index (χ0v) is 17.8. The van der Waals surface area contributed by atoms with E-state index in [1.54, 1.807) is 11.3 Å². The molecule has 0 bridgehead atoms. The summed E-state index contributed by atoms with van der Waals surface area (Å²) < 4.78 is 24.3. The van der Waals surface area contributed by atoms with Gasteiger partial charge < -0.3 is 4.90 Å². The third-order valence-corrected chi connectivity index (χ3v) is 7.21. The molecule has 1 aromatic carbocycles. The summed E-state index contributed by atoms with van der Waals surface area (Å²) in [5.41, 5.74) is 2.35. The zero-order valence-electron chi connectivity index (χ0n) is 16.2. The average Bonchev–Trinajstić information content (AvgIpc) is 3.06. The molecule has 1 fully saturated rings. The van der Waals surface area contributed by atoms with Gasteiger partial charge in [-0.3, -0.25) is 4.90 Å². The Kier molecular flexibility index (Phi) is 5.07. The summed E-state index contributed by atoms with van der Waals surface area (Å²) in [5, 5.41) is 1.09. The van der Waals surface area contributed by atoms with E-state index in [1.807, 2.05) is 6.92 Å². The number of hydrogen-bond acceptors (Lipinski definition) is 8. The largest absolute Gasteiger partial charge is 0.338 e. The number of hydrogen-bond donors (Lipinski definition) is 0. The summed E-state index contributed by atoms with van der Waals surface area (Å²) in [7, 11) is -3.27. The first-order valence-corrected chi connectivity index (χ1v) is 11.9. The fraction of sp³-hybridized carbons (Fsp3) is 0.421. The molecule has 9 heteroatoms. The quantitative estimate of drug-likeness (QED) is 0.646. The Labute approximate surface area is 169 Å². The SMILES string of the molecule is Cc1nc2cc(C(C)N3CCN(c4ncc(S(C)(=O)=O)cn4)CC3)ccc2s1. The molecule has 4 rings (SSSR count). The van der Waals surface area contributed by atoms with Gasteiger partial charge in [0.25, 0.3) is 0 Å². The summed E-state index contributed by atoms with van der Waals surface area (Å²) in [6.07, 6.45) is 3.94. The fourth-order valence-electron chi connectivity index (χ4n) is 3.50. The minimum absolute atomic E-state index is 0.149. The van der Waals surface area contributed by atoms with Crippen molar-refractivity contribution in [3.8, 4) is 0 Å². The van der Waals surface area contributed by atoms with Gasteiger partial charge in [-0.2, -0.15) is 0 Å². The second-order valence-corrected chi connectivity index (χ2v) is 10.4. The molecule has 1 aliphatic rings. The van der Waals surface area contributed by atoms with E-state index in [1.165, 1.54) is 22.7 Å². The van der Waals surface area contributed by atoms with Gasteiger partial charge in [0.15, 0.2) is 9.84 Å². The molecule has 7 nitrogen and oxygen atoms in total. The highest BCUT2D eigenvalue weighted by Crippen LogP contribution is 2.28. The molecule has 0 amide bonds. The van der Waals surface area contributed by atoms with Crippen LogP contribution in [0.25, 0.3) is 10.2 Å². The van der Waals surface area contributed by atoms with E-state index in [-0.39, 0.29) is 4.90 Å². The third kappa shape index (κ3) is 3.87. The van der Waals surface area contributed by atoms with Crippen LogP contribution in [0.4, 0.5) is 5.95 Å². The normalized spacial score (nSPS) is 17.2. The van der Waals surface area contributed by atoms with Gasteiger partial charge in [0.1, 0.15) is 4.90 Å². The number of rotatable bonds is 4. The Morgan fingerprint density at radius 2 is 1.79 bits per heavy atom. The average molecular weight is 418 g/mol. The van der Waals surface area contributed by atoms with Gasteiger partial charge in [-0.05, 0) is 31.5 Å². The highest BCUT2D eigenvalue weighted by molar-refractivity contribution is 7.90. The van der Waals surface area contributed by atoms with Crippen LogP contribution in [0.2, 0.25) is 0 Å². The Hall–Kier alpha value is -2.10. The lowest BCUT2D eigenvalue weighted by Gasteiger charge is -2.38. The summed E-state index contributed by atoms with van der Waals surface area (Å²) in [6.45, 7) is 7.67. The van der Waals surface area contributed by atoms with Crippen molar-refractivity contribution in [2.75, 3.05) is 37.3 Å². The number of anilines is 1. The van der Waals surface area contributed by atoms with Crippen LogP contribution < -0.4 is 4.90 Å². The number of benzene rings is 1. The number of sulfone groups is 1. The lowest BCUT2D eigenvalue weighted by Crippen LogP contribution is -2.47. The van der Waals surface area contributed by atoms with Gasteiger partial charge in [-0.25, -0.2) is 23.4 Å². The topological polar surface area (TPSA) is 79.3 Å². The molecule has 1 unspecified atom stereocenters. The number of nitrogens with zero attached hydrogens (tertiary/aromatic N) is 5. The minimum Gasteiger partial charge on any atom is -0.338 e. The van der Waals surface area contributed by atoms with E-state index in [0.717, 1.165) is 43.0 Å². The minimum atomic E-state index is -3.27. The van der Waals surface area contributed by atoms with Crippen LogP contribution in [0.3, 0.4) is 0 Å². The van der Waals surface area contributed by atoms with E-state index in [0.29, 0.717) is 12.0 Å². The fourth-order valence-corrected chi connectivity index (χ4v) is 4.80. The van der Waals surface area contributed by atoms with Crippen molar-refractivity contribution >= 4 is 37.3 Å². The van der Waals surface area contributed by atoms with Crippen LogP contribution >= 0.6 is 11.3 Å². The zero-order chi connectivity index (χ0) is 19.9. The van der Waals surface area contributed by atoms with E-state index >= 15 is 0 Å². The summed E-state index contributed by atoms with van der Waals surface area (Å²) in [5.74, 6) is 0.582. The van der Waals surface area contributed by atoms with E-state index in [2.05, 4.69) is 49.9 Å². The van der Waals surface area contributed by atoms with Gasteiger partial charge in [0.2, 0.25) is 5.95 Å². The molecule has 0 aliphatic carbocycles. The van der Waals surface area contributed by atoms with Crippen molar-refractivity contribution in [1.82, 2.24) is 19.9 Å². The first kappa shape index (κ1) is 19.2. The molecule has 0 N–H and O–H groups in total. The molecule has 148 valence electrons. The van der Waals surface area contributed by atoms with Gasteiger partial charge in [-0.15, -0.1) is 11.3 Å². The van der Waals surface area contributed by atoms with Gasteiger partial charge in [0, 0.05) is 38.5 Å². The molecular weight excluding hydrogens is 394 g/mol. The molecule has 1 aliphatic heterocycles. The predicted molar refractivity (Wildman–Crippen MR) is 112 cm³/mol. The van der Waals surface area contributed by atoms with Crippen LogP contribution in [0.5, 0.6) is 0 Å². The molecule has 1 atom stereocenters. The van der Waals surface area contributed by atoms with Crippen LogP contribution in [0.1, 0.15) is 23.5 Å². The van der Waals surface area contributed by atoms with Crippen molar-refractivity contribution in [3.05, 3.63) is 41.2 Å². The van der Waals surface area contributed by atoms with Gasteiger partial charge >= 0.3 is 0 Å². The van der Waals surface area contributed by atoms with Crippen LogP contribution in [-0.4, -0.2) is 60.7 Å². The van der Waals surface area contributed by atoms with Crippen molar-refractivity contribution < 1.29 is 8.42 Å². The van der Waals surface area contributed by atoms with Gasteiger partial charge in [-0.1, -0.05) is 6.07 Å². The summed E-state index contributed by atoms with van der Waals surface area (Å²) >= 11 is 1.73. The molecule has 3 heterocycles. The van der Waals surface area contributed by atoms with E-state index in [4.69, 9.17) is 0 Å². The highest BCUT2D eigenvalue weighted by atomic mass is 32.2. The third-order valence-electron chi connectivity index (χ3n) is 5.19. The van der Waals surface area contributed by atoms with Gasteiger partial charge in [0.05, 0.1) is 27.6 Å². The van der Waals surface area contributed by atoms with Crippen molar-refractivity contribution in [2.24, 2.45) is 0 Å². The maximum atomic E-state index is 11.6. The second kappa shape index (κ2) is 7.38. The molecule has 28 heavy (non-hydrogen) atoms. The molecular formula is C19H23N5O2S2. The number of aryl methyl sites for hydroxylation is 1. The van der Waals surface area contributed by atoms with E-state index in [9.17, 15) is 8.42 Å². The molecule has 0 spiro atoms. The standard InChI is InChI=1S/C19H23N5O2S2/c1-13(15-4-5-18-17(10-15)22-14(2)27-18)23-6-8-24(9-7-23)19-20-11-16(12-21-19)28(3,25)26/h4-5,10-13H,6-9H2,1-3H3. The monoisotopic (exact) mass is 417 g/mol. The number of piperazine rings is 1. The smallest absolute Gasteiger partial charge is 0.225 e. The lowest BCUT2D eigenvalue weighted by atomic mass is 10.1. The summed E-state index contributed by atoms with van der Waals surface area (Å²) in [4.78, 5) is 17.8. The Morgan fingerprint density at radius 1 is 1.11 bits per heavy atom. The molecule has 0 saturated carbocycles. The lowest BCUT2D eigenvalue weighted by molar-refractivity contribution is 0.198. The number of thiazole rings is 1.